The Labute approximate surface area is 182 Å². The van der Waals surface area contributed by atoms with E-state index in [9.17, 15) is 4.79 Å². The highest BCUT2D eigenvalue weighted by atomic mass is 32.1. The molecule has 2 heterocycles. The fourth-order valence-electron chi connectivity index (χ4n) is 4.11. The van der Waals surface area contributed by atoms with Crippen molar-refractivity contribution in [1.29, 1.82) is 0 Å². The van der Waals surface area contributed by atoms with Gasteiger partial charge in [-0.2, -0.15) is 0 Å². The molecule has 0 atom stereocenters. The molecule has 0 saturated carbocycles. The molecule has 0 spiro atoms. The number of ether oxygens (including phenoxy) is 1. The average molecular weight is 426 g/mol. The van der Waals surface area contributed by atoms with Gasteiger partial charge in [-0.1, -0.05) is 17.7 Å². The Morgan fingerprint density at radius 1 is 1.13 bits per heavy atom. The Bertz CT molecular complexity index is 1070. The molecule has 0 bridgehead atoms. The molecule has 30 heavy (non-hydrogen) atoms. The van der Waals surface area contributed by atoms with Crippen molar-refractivity contribution in [3.05, 3.63) is 56.4 Å². The van der Waals surface area contributed by atoms with Crippen molar-refractivity contribution in [2.75, 3.05) is 20.7 Å². The van der Waals surface area contributed by atoms with E-state index in [4.69, 9.17) is 9.72 Å². The molecule has 6 heteroatoms. The van der Waals surface area contributed by atoms with E-state index in [1.54, 1.807) is 11.3 Å². The molecule has 0 saturated heterocycles. The molecule has 160 valence electrons. The van der Waals surface area contributed by atoms with E-state index in [0.717, 1.165) is 47.5 Å². The maximum atomic E-state index is 13.5. The van der Waals surface area contributed by atoms with Crippen LogP contribution in [0.15, 0.2) is 29.1 Å². The normalized spacial score (nSPS) is 13.7. The quantitative estimate of drug-likeness (QED) is 0.496. The molecule has 4 rings (SSSR count). The molecule has 0 unspecified atom stereocenters. The monoisotopic (exact) mass is 425 g/mol. The first-order valence-corrected chi connectivity index (χ1v) is 11.7. The highest BCUT2D eigenvalue weighted by Gasteiger charge is 2.22. The molecule has 0 radical (unpaired) electrons. The minimum atomic E-state index is 0.149. The second kappa shape index (κ2) is 9.31. The van der Waals surface area contributed by atoms with Gasteiger partial charge in [-0.3, -0.25) is 9.36 Å². The summed E-state index contributed by atoms with van der Waals surface area (Å²) >= 11 is 1.73. The molecule has 0 N–H and O–H groups in total. The van der Waals surface area contributed by atoms with Crippen LogP contribution in [-0.4, -0.2) is 35.2 Å². The van der Waals surface area contributed by atoms with Crippen molar-refractivity contribution in [1.82, 2.24) is 14.5 Å². The van der Waals surface area contributed by atoms with E-state index in [0.29, 0.717) is 19.7 Å². The maximum Gasteiger partial charge on any atom is 0.262 e. The highest BCUT2D eigenvalue weighted by Crippen LogP contribution is 2.33. The number of fused-ring (bicyclic) bond motifs is 3. The van der Waals surface area contributed by atoms with Crippen LogP contribution in [0.4, 0.5) is 0 Å². The fraction of sp³-hybridized carbons (Fsp3) is 0.500. The summed E-state index contributed by atoms with van der Waals surface area (Å²) in [4.78, 5) is 22.8. The van der Waals surface area contributed by atoms with Crippen LogP contribution in [0, 0.1) is 6.92 Å². The van der Waals surface area contributed by atoms with Crippen LogP contribution in [0.3, 0.4) is 0 Å². The van der Waals surface area contributed by atoms with Crippen LogP contribution in [0.25, 0.3) is 10.2 Å². The van der Waals surface area contributed by atoms with Gasteiger partial charge < -0.3 is 9.64 Å². The Kier molecular flexibility index (Phi) is 6.54. The number of hydrogen-bond acceptors (Lipinski definition) is 5. The van der Waals surface area contributed by atoms with E-state index < -0.39 is 0 Å². The van der Waals surface area contributed by atoms with Gasteiger partial charge in [0, 0.05) is 11.4 Å². The number of nitrogens with zero attached hydrogens (tertiary/aromatic N) is 3. The van der Waals surface area contributed by atoms with E-state index in [2.05, 4.69) is 24.0 Å². The number of aromatic nitrogens is 2. The molecular formula is C24H31N3O2S. The highest BCUT2D eigenvalue weighted by molar-refractivity contribution is 7.18. The summed E-state index contributed by atoms with van der Waals surface area (Å²) in [6.45, 7) is 4.09. The third-order valence-corrected chi connectivity index (χ3v) is 6.86. The van der Waals surface area contributed by atoms with Gasteiger partial charge in [0.2, 0.25) is 0 Å². The van der Waals surface area contributed by atoms with Crippen molar-refractivity contribution >= 4 is 21.6 Å². The topological polar surface area (TPSA) is 47.4 Å². The number of thiophene rings is 1. The molecule has 3 aromatic rings. The molecule has 0 aliphatic heterocycles. The Morgan fingerprint density at radius 2 is 1.90 bits per heavy atom. The summed E-state index contributed by atoms with van der Waals surface area (Å²) in [5, 5.41) is 0.883. The summed E-state index contributed by atoms with van der Waals surface area (Å²) < 4.78 is 7.76. The lowest BCUT2D eigenvalue weighted by Gasteiger charge is -2.16. The van der Waals surface area contributed by atoms with Gasteiger partial charge in [-0.05, 0) is 77.2 Å². The molecule has 5 nitrogen and oxygen atoms in total. The smallest absolute Gasteiger partial charge is 0.262 e. The summed E-state index contributed by atoms with van der Waals surface area (Å²) in [5.74, 6) is 1.77. The lowest BCUT2D eigenvalue weighted by molar-refractivity contribution is 0.301. The SMILES string of the molecule is Cc1ccc(OCCCCn2c(CN(C)C)nc3sc4c(c3c2=O)CCCC4)cc1. The van der Waals surface area contributed by atoms with Gasteiger partial charge in [0.25, 0.3) is 5.56 Å². The minimum absolute atomic E-state index is 0.149. The molecule has 1 aromatic carbocycles. The van der Waals surface area contributed by atoms with Crippen LogP contribution in [0.1, 0.15) is 47.5 Å². The van der Waals surface area contributed by atoms with Crippen molar-refractivity contribution in [2.24, 2.45) is 0 Å². The predicted molar refractivity (Wildman–Crippen MR) is 124 cm³/mol. The average Bonchev–Trinajstić information content (AvgIpc) is 3.09. The molecule has 1 aliphatic carbocycles. The zero-order valence-corrected chi connectivity index (χ0v) is 19.1. The summed E-state index contributed by atoms with van der Waals surface area (Å²) in [7, 11) is 4.05. The Balaban J connectivity index is 1.50. The summed E-state index contributed by atoms with van der Waals surface area (Å²) in [5.41, 5.74) is 2.65. The van der Waals surface area contributed by atoms with Crippen LogP contribution >= 0.6 is 11.3 Å². The number of aryl methyl sites for hydroxylation is 3. The van der Waals surface area contributed by atoms with Crippen molar-refractivity contribution in [3.63, 3.8) is 0 Å². The standard InChI is InChI=1S/C24H31N3O2S/c1-17-10-12-18(13-11-17)29-15-7-6-14-27-21(16-26(2)3)25-23-22(24(27)28)19-8-4-5-9-20(19)30-23/h10-13H,4-9,14-16H2,1-3H3. The number of rotatable bonds is 8. The lowest BCUT2D eigenvalue weighted by atomic mass is 9.97. The Morgan fingerprint density at radius 3 is 2.67 bits per heavy atom. The molecule has 1 aliphatic rings. The summed E-state index contributed by atoms with van der Waals surface area (Å²) in [6, 6.07) is 8.13. The third-order valence-electron chi connectivity index (χ3n) is 5.68. The van der Waals surface area contributed by atoms with E-state index in [-0.39, 0.29) is 5.56 Å². The van der Waals surface area contributed by atoms with Crippen molar-refractivity contribution < 1.29 is 4.74 Å². The number of unbranched alkanes of at least 4 members (excludes halogenated alkanes) is 1. The zero-order valence-electron chi connectivity index (χ0n) is 18.2. The lowest BCUT2D eigenvalue weighted by Crippen LogP contribution is -2.28. The minimum Gasteiger partial charge on any atom is -0.494 e. The van der Waals surface area contributed by atoms with Crippen molar-refractivity contribution in [3.8, 4) is 5.75 Å². The van der Waals surface area contributed by atoms with E-state index in [1.807, 2.05) is 30.8 Å². The molecule has 0 fully saturated rings. The third kappa shape index (κ3) is 4.60. The molecule has 0 amide bonds. The summed E-state index contributed by atoms with van der Waals surface area (Å²) in [6.07, 6.45) is 6.31. The first kappa shape index (κ1) is 21.1. The second-order valence-electron chi connectivity index (χ2n) is 8.48. The van der Waals surface area contributed by atoms with Gasteiger partial charge >= 0.3 is 0 Å². The van der Waals surface area contributed by atoms with Crippen LogP contribution in [0.5, 0.6) is 5.75 Å². The van der Waals surface area contributed by atoms with Gasteiger partial charge in [0.15, 0.2) is 0 Å². The molecular weight excluding hydrogens is 394 g/mol. The van der Waals surface area contributed by atoms with Crippen LogP contribution < -0.4 is 10.3 Å². The fourth-order valence-corrected chi connectivity index (χ4v) is 5.38. The zero-order chi connectivity index (χ0) is 21.1. The first-order chi connectivity index (χ1) is 14.5. The van der Waals surface area contributed by atoms with Gasteiger partial charge in [-0.15, -0.1) is 11.3 Å². The van der Waals surface area contributed by atoms with Gasteiger partial charge in [0.05, 0.1) is 18.5 Å². The Hall–Kier alpha value is -2.18. The second-order valence-corrected chi connectivity index (χ2v) is 9.57. The molecule has 2 aromatic heterocycles. The van der Waals surface area contributed by atoms with E-state index in [1.165, 1.54) is 28.8 Å². The predicted octanol–water partition coefficient (Wildman–Crippen LogP) is 4.57. The van der Waals surface area contributed by atoms with Gasteiger partial charge in [0.1, 0.15) is 16.4 Å². The number of hydrogen-bond donors (Lipinski definition) is 0. The first-order valence-electron chi connectivity index (χ1n) is 10.9. The maximum absolute atomic E-state index is 13.5. The van der Waals surface area contributed by atoms with Crippen molar-refractivity contribution in [2.45, 2.75) is 58.5 Å². The van der Waals surface area contributed by atoms with Crippen LogP contribution in [0.2, 0.25) is 0 Å². The number of benzene rings is 1. The van der Waals surface area contributed by atoms with Crippen LogP contribution in [-0.2, 0) is 25.9 Å². The van der Waals surface area contributed by atoms with Gasteiger partial charge in [-0.25, -0.2) is 4.98 Å². The largest absolute Gasteiger partial charge is 0.494 e. The van der Waals surface area contributed by atoms with E-state index >= 15 is 0 Å².